The average molecular weight is 449 g/mol. The van der Waals surface area contributed by atoms with Crippen molar-refractivity contribution in [1.29, 1.82) is 0 Å². The Morgan fingerprint density at radius 2 is 1.73 bits per heavy atom. The van der Waals surface area contributed by atoms with E-state index in [1.54, 1.807) is 6.92 Å². The van der Waals surface area contributed by atoms with Crippen LogP contribution in [0.15, 0.2) is 59.3 Å². The zero-order valence-electron chi connectivity index (χ0n) is 17.9. The third-order valence-corrected chi connectivity index (χ3v) is 5.45. The highest BCUT2D eigenvalue weighted by atomic mass is 16.5. The van der Waals surface area contributed by atoms with Crippen molar-refractivity contribution in [3.8, 4) is 11.1 Å². The molecule has 0 radical (unpaired) electrons. The number of carbonyl (C=O) groups is 3. The number of carboxylic acids is 1. The zero-order valence-corrected chi connectivity index (χ0v) is 17.9. The van der Waals surface area contributed by atoms with Gasteiger partial charge in [-0.3, -0.25) is 9.59 Å². The van der Waals surface area contributed by atoms with Gasteiger partial charge in [0, 0.05) is 12.0 Å². The SMILES string of the molecule is C[C@@H](CC(=O)O)NC(=O)c1ncoc1CNC(=O)OCC1c2ccccc2-c2ccccc21. The van der Waals surface area contributed by atoms with Crippen LogP contribution in [0.25, 0.3) is 11.1 Å². The average Bonchev–Trinajstić information content (AvgIpc) is 3.38. The molecule has 0 aliphatic heterocycles. The van der Waals surface area contributed by atoms with Gasteiger partial charge in [0.15, 0.2) is 17.8 Å². The highest BCUT2D eigenvalue weighted by Gasteiger charge is 2.29. The van der Waals surface area contributed by atoms with Crippen LogP contribution in [0, 0.1) is 0 Å². The van der Waals surface area contributed by atoms with Crippen LogP contribution in [-0.4, -0.2) is 40.7 Å². The van der Waals surface area contributed by atoms with Gasteiger partial charge in [0.05, 0.1) is 13.0 Å². The van der Waals surface area contributed by atoms with Crippen LogP contribution in [0.1, 0.15) is 46.6 Å². The number of aliphatic carboxylic acids is 1. The van der Waals surface area contributed by atoms with Crippen molar-refractivity contribution in [2.75, 3.05) is 6.61 Å². The minimum Gasteiger partial charge on any atom is -0.481 e. The Bertz CT molecular complexity index is 1140. The lowest BCUT2D eigenvalue weighted by molar-refractivity contribution is -0.137. The molecule has 170 valence electrons. The summed E-state index contributed by atoms with van der Waals surface area (Å²) in [5.74, 6) is -1.53. The second-order valence-electron chi connectivity index (χ2n) is 7.78. The number of aromatic nitrogens is 1. The summed E-state index contributed by atoms with van der Waals surface area (Å²) in [5, 5.41) is 13.9. The summed E-state index contributed by atoms with van der Waals surface area (Å²) in [6, 6.07) is 15.5. The predicted octanol–water partition coefficient (Wildman–Crippen LogP) is 3.31. The third-order valence-electron chi connectivity index (χ3n) is 5.45. The van der Waals surface area contributed by atoms with Crippen LogP contribution in [0.2, 0.25) is 0 Å². The van der Waals surface area contributed by atoms with Crippen LogP contribution < -0.4 is 10.6 Å². The van der Waals surface area contributed by atoms with Crippen molar-refractivity contribution in [3.05, 3.63) is 77.5 Å². The fourth-order valence-electron chi connectivity index (χ4n) is 3.99. The van der Waals surface area contributed by atoms with E-state index in [4.69, 9.17) is 14.3 Å². The van der Waals surface area contributed by atoms with E-state index in [0.717, 1.165) is 28.6 Å². The molecule has 0 saturated carbocycles. The number of oxazole rings is 1. The number of hydrogen-bond acceptors (Lipinski definition) is 6. The Labute approximate surface area is 189 Å². The number of hydrogen-bond donors (Lipinski definition) is 3. The summed E-state index contributed by atoms with van der Waals surface area (Å²) in [4.78, 5) is 39.3. The molecule has 0 unspecified atom stereocenters. The molecule has 1 aliphatic carbocycles. The molecule has 0 fully saturated rings. The lowest BCUT2D eigenvalue weighted by atomic mass is 9.98. The van der Waals surface area contributed by atoms with Gasteiger partial charge in [-0.05, 0) is 29.2 Å². The number of nitrogens with zero attached hydrogens (tertiary/aromatic N) is 1. The molecule has 4 rings (SSSR count). The lowest BCUT2D eigenvalue weighted by Crippen LogP contribution is -2.35. The molecule has 1 atom stereocenters. The minimum atomic E-state index is -1.03. The molecule has 9 nitrogen and oxygen atoms in total. The quantitative estimate of drug-likeness (QED) is 0.481. The first-order valence-corrected chi connectivity index (χ1v) is 10.5. The largest absolute Gasteiger partial charge is 0.481 e. The van der Waals surface area contributed by atoms with E-state index in [1.807, 2.05) is 36.4 Å². The standard InChI is InChI=1S/C24H23N3O6/c1-14(10-21(28)29)27-23(30)22-20(33-13-26-22)11-25-24(31)32-12-19-17-8-4-2-6-15(17)16-7-3-5-9-18(16)19/h2-9,13-14,19H,10-12H2,1H3,(H,25,31)(H,27,30)(H,28,29)/t14-/m0/s1. The number of ether oxygens (including phenoxy) is 1. The first-order chi connectivity index (χ1) is 15.9. The first-order valence-electron chi connectivity index (χ1n) is 10.5. The molecular weight excluding hydrogens is 426 g/mol. The summed E-state index contributed by atoms with van der Waals surface area (Å²) >= 11 is 0. The van der Waals surface area contributed by atoms with Gasteiger partial charge in [-0.15, -0.1) is 0 Å². The number of benzene rings is 2. The second kappa shape index (κ2) is 9.56. The van der Waals surface area contributed by atoms with E-state index in [1.165, 1.54) is 0 Å². The summed E-state index contributed by atoms with van der Waals surface area (Å²) in [6.45, 7) is 1.63. The fraction of sp³-hybridized carbons (Fsp3) is 0.250. The Hall–Kier alpha value is -4.14. The summed E-state index contributed by atoms with van der Waals surface area (Å²) in [6.07, 6.45) is 0.210. The van der Waals surface area contributed by atoms with Crippen LogP contribution in [0.3, 0.4) is 0 Å². The van der Waals surface area contributed by atoms with E-state index >= 15 is 0 Å². The molecular formula is C24H23N3O6. The highest BCUT2D eigenvalue weighted by molar-refractivity contribution is 5.93. The number of carboxylic acid groups (broad SMARTS) is 1. The molecule has 0 saturated heterocycles. The van der Waals surface area contributed by atoms with Crippen LogP contribution in [-0.2, 0) is 16.1 Å². The predicted molar refractivity (Wildman–Crippen MR) is 118 cm³/mol. The maximum atomic E-state index is 12.3. The highest BCUT2D eigenvalue weighted by Crippen LogP contribution is 2.44. The molecule has 0 bridgehead atoms. The minimum absolute atomic E-state index is 0.0220. The van der Waals surface area contributed by atoms with Crippen molar-refractivity contribution in [3.63, 3.8) is 0 Å². The van der Waals surface area contributed by atoms with Gasteiger partial charge >= 0.3 is 12.1 Å². The summed E-state index contributed by atoms with van der Waals surface area (Å²) in [5.41, 5.74) is 4.46. The van der Waals surface area contributed by atoms with E-state index in [9.17, 15) is 14.4 Å². The molecule has 9 heteroatoms. The maximum Gasteiger partial charge on any atom is 0.407 e. The molecule has 1 aliphatic rings. The first kappa shape index (κ1) is 22.1. The fourth-order valence-corrected chi connectivity index (χ4v) is 3.99. The Morgan fingerprint density at radius 1 is 1.09 bits per heavy atom. The number of rotatable bonds is 8. The number of nitrogens with one attached hydrogen (secondary N) is 2. The zero-order chi connectivity index (χ0) is 23.4. The topological polar surface area (TPSA) is 131 Å². The van der Waals surface area contributed by atoms with E-state index in [2.05, 4.69) is 27.8 Å². The number of carbonyl (C=O) groups excluding carboxylic acids is 2. The van der Waals surface area contributed by atoms with Crippen molar-refractivity contribution in [1.82, 2.24) is 15.6 Å². The Morgan fingerprint density at radius 3 is 2.36 bits per heavy atom. The number of amides is 2. The molecule has 3 aromatic rings. The molecule has 2 amide bonds. The van der Waals surface area contributed by atoms with Crippen LogP contribution in [0.5, 0.6) is 0 Å². The number of alkyl carbamates (subject to hydrolysis) is 1. The van der Waals surface area contributed by atoms with Gasteiger partial charge in [-0.25, -0.2) is 9.78 Å². The van der Waals surface area contributed by atoms with Gasteiger partial charge in [0.2, 0.25) is 0 Å². The van der Waals surface area contributed by atoms with Crippen LogP contribution >= 0.6 is 0 Å². The van der Waals surface area contributed by atoms with E-state index < -0.39 is 24.0 Å². The van der Waals surface area contributed by atoms with Crippen LogP contribution in [0.4, 0.5) is 4.79 Å². The van der Waals surface area contributed by atoms with Crippen molar-refractivity contribution in [2.24, 2.45) is 0 Å². The Kier molecular flexibility index (Phi) is 6.39. The van der Waals surface area contributed by atoms with E-state index in [0.29, 0.717) is 0 Å². The van der Waals surface area contributed by atoms with Crippen molar-refractivity contribution >= 4 is 18.0 Å². The molecule has 2 aromatic carbocycles. The van der Waals surface area contributed by atoms with Gasteiger partial charge < -0.3 is 24.9 Å². The lowest BCUT2D eigenvalue weighted by Gasteiger charge is -2.14. The van der Waals surface area contributed by atoms with Gasteiger partial charge in [-0.1, -0.05) is 48.5 Å². The summed E-state index contributed by atoms with van der Waals surface area (Å²) < 4.78 is 10.7. The van der Waals surface area contributed by atoms with Gasteiger partial charge in [0.25, 0.3) is 5.91 Å². The second-order valence-corrected chi connectivity index (χ2v) is 7.78. The molecule has 1 heterocycles. The normalized spacial score (nSPS) is 13.0. The third kappa shape index (κ3) is 4.87. The van der Waals surface area contributed by atoms with E-state index in [-0.39, 0.29) is 36.9 Å². The maximum absolute atomic E-state index is 12.3. The molecule has 3 N–H and O–H groups in total. The monoisotopic (exact) mass is 449 g/mol. The van der Waals surface area contributed by atoms with Crippen molar-refractivity contribution < 1.29 is 28.6 Å². The van der Waals surface area contributed by atoms with Gasteiger partial charge in [-0.2, -0.15) is 0 Å². The molecule has 33 heavy (non-hydrogen) atoms. The van der Waals surface area contributed by atoms with Gasteiger partial charge in [0.1, 0.15) is 6.61 Å². The molecule has 1 aromatic heterocycles. The smallest absolute Gasteiger partial charge is 0.407 e. The number of fused-ring (bicyclic) bond motifs is 3. The van der Waals surface area contributed by atoms with Crippen molar-refractivity contribution in [2.45, 2.75) is 31.8 Å². The summed E-state index contributed by atoms with van der Waals surface area (Å²) in [7, 11) is 0. The Balaban J connectivity index is 1.34. The molecule has 0 spiro atoms.